The standard InChI is InChI=1S/C18H19NO/c1-2-18-17-9-8-16(12-15(17)10-11-19-18)20-13-14-6-4-3-5-7-14/h3-9,12H,2,10-11,13H2,1H3. The van der Waals surface area contributed by atoms with Gasteiger partial charge in [0.05, 0.1) is 0 Å². The molecule has 0 aliphatic carbocycles. The molecule has 0 unspecified atom stereocenters. The number of rotatable bonds is 4. The van der Waals surface area contributed by atoms with Crippen LogP contribution in [0.3, 0.4) is 0 Å². The maximum Gasteiger partial charge on any atom is 0.120 e. The van der Waals surface area contributed by atoms with Crippen molar-refractivity contribution < 1.29 is 4.74 Å². The van der Waals surface area contributed by atoms with Crippen LogP contribution in [0.5, 0.6) is 5.75 Å². The number of nitrogens with zero attached hydrogens (tertiary/aromatic N) is 1. The Labute approximate surface area is 120 Å². The van der Waals surface area contributed by atoms with Gasteiger partial charge in [-0.2, -0.15) is 0 Å². The van der Waals surface area contributed by atoms with Gasteiger partial charge in [0, 0.05) is 12.3 Å². The summed E-state index contributed by atoms with van der Waals surface area (Å²) < 4.78 is 5.89. The Balaban J connectivity index is 1.75. The van der Waals surface area contributed by atoms with Gasteiger partial charge < -0.3 is 4.74 Å². The van der Waals surface area contributed by atoms with Gasteiger partial charge >= 0.3 is 0 Å². The summed E-state index contributed by atoms with van der Waals surface area (Å²) in [6.45, 7) is 3.68. The summed E-state index contributed by atoms with van der Waals surface area (Å²) in [7, 11) is 0. The second-order valence-corrected chi connectivity index (χ2v) is 5.03. The lowest BCUT2D eigenvalue weighted by molar-refractivity contribution is 0.306. The molecule has 0 saturated carbocycles. The summed E-state index contributed by atoms with van der Waals surface area (Å²) >= 11 is 0. The maximum atomic E-state index is 5.89. The highest BCUT2D eigenvalue weighted by atomic mass is 16.5. The predicted octanol–water partition coefficient (Wildman–Crippen LogP) is 4.02. The van der Waals surface area contributed by atoms with Crippen LogP contribution in [-0.2, 0) is 13.0 Å². The minimum absolute atomic E-state index is 0.619. The van der Waals surface area contributed by atoms with Crippen LogP contribution in [0.4, 0.5) is 0 Å². The van der Waals surface area contributed by atoms with Gasteiger partial charge in [0.1, 0.15) is 12.4 Å². The predicted molar refractivity (Wildman–Crippen MR) is 82.6 cm³/mol. The smallest absolute Gasteiger partial charge is 0.120 e. The topological polar surface area (TPSA) is 21.6 Å². The van der Waals surface area contributed by atoms with E-state index in [1.165, 1.54) is 22.4 Å². The fourth-order valence-corrected chi connectivity index (χ4v) is 2.59. The third-order valence-electron chi connectivity index (χ3n) is 3.65. The van der Waals surface area contributed by atoms with Crippen molar-refractivity contribution >= 4 is 5.71 Å². The molecule has 0 aromatic heterocycles. The third kappa shape index (κ3) is 2.74. The van der Waals surface area contributed by atoms with Crippen LogP contribution in [0.1, 0.15) is 30.0 Å². The number of aliphatic imine (C=N–C) groups is 1. The molecule has 102 valence electrons. The number of ether oxygens (including phenoxy) is 1. The summed E-state index contributed by atoms with van der Waals surface area (Å²) in [5.41, 5.74) is 5.08. The van der Waals surface area contributed by atoms with Crippen molar-refractivity contribution in [2.24, 2.45) is 4.99 Å². The van der Waals surface area contributed by atoms with Gasteiger partial charge in [-0.1, -0.05) is 37.3 Å². The van der Waals surface area contributed by atoms with E-state index in [1.54, 1.807) is 0 Å². The summed E-state index contributed by atoms with van der Waals surface area (Å²) in [5, 5.41) is 0. The molecule has 0 N–H and O–H groups in total. The average molecular weight is 265 g/mol. The molecule has 2 nitrogen and oxygen atoms in total. The molecule has 3 rings (SSSR count). The molecular formula is C18H19NO. The molecule has 0 spiro atoms. The van der Waals surface area contributed by atoms with Crippen LogP contribution in [-0.4, -0.2) is 12.3 Å². The van der Waals surface area contributed by atoms with Gasteiger partial charge in [0.2, 0.25) is 0 Å². The van der Waals surface area contributed by atoms with Crippen molar-refractivity contribution in [3.8, 4) is 5.75 Å². The van der Waals surface area contributed by atoms with E-state index in [1.807, 2.05) is 18.2 Å². The molecule has 2 heteroatoms. The molecule has 0 saturated heterocycles. The Morgan fingerprint density at radius 3 is 2.75 bits per heavy atom. The first-order valence-corrected chi connectivity index (χ1v) is 7.20. The highest BCUT2D eigenvalue weighted by Gasteiger charge is 2.13. The minimum atomic E-state index is 0.619. The fourth-order valence-electron chi connectivity index (χ4n) is 2.59. The molecule has 0 amide bonds. The summed E-state index contributed by atoms with van der Waals surface area (Å²) in [6, 6.07) is 16.6. The van der Waals surface area contributed by atoms with Crippen LogP contribution in [0.25, 0.3) is 0 Å². The van der Waals surface area contributed by atoms with E-state index >= 15 is 0 Å². The molecule has 0 radical (unpaired) electrons. The molecule has 1 aliphatic rings. The van der Waals surface area contributed by atoms with Gasteiger partial charge in [0.15, 0.2) is 0 Å². The van der Waals surface area contributed by atoms with Gasteiger partial charge in [-0.15, -0.1) is 0 Å². The third-order valence-corrected chi connectivity index (χ3v) is 3.65. The van der Waals surface area contributed by atoms with Gasteiger partial charge in [-0.05, 0) is 47.7 Å². The molecule has 1 aliphatic heterocycles. The first-order chi connectivity index (χ1) is 9.86. The van der Waals surface area contributed by atoms with E-state index in [0.717, 1.165) is 25.1 Å². The van der Waals surface area contributed by atoms with E-state index < -0.39 is 0 Å². The largest absolute Gasteiger partial charge is 0.489 e. The Hall–Kier alpha value is -2.09. The van der Waals surface area contributed by atoms with Crippen molar-refractivity contribution in [1.29, 1.82) is 0 Å². The first kappa shape index (κ1) is 12.9. The summed E-state index contributed by atoms with van der Waals surface area (Å²) in [5.74, 6) is 0.949. The van der Waals surface area contributed by atoms with Crippen LogP contribution in [0.15, 0.2) is 53.5 Å². The number of benzene rings is 2. The van der Waals surface area contributed by atoms with Crippen molar-refractivity contribution in [2.45, 2.75) is 26.4 Å². The van der Waals surface area contributed by atoms with Gasteiger partial charge in [-0.3, -0.25) is 4.99 Å². The van der Waals surface area contributed by atoms with Crippen LogP contribution in [0, 0.1) is 0 Å². The van der Waals surface area contributed by atoms with E-state index in [-0.39, 0.29) is 0 Å². The van der Waals surface area contributed by atoms with Crippen molar-refractivity contribution in [3.63, 3.8) is 0 Å². The fraction of sp³-hybridized carbons (Fsp3) is 0.278. The van der Waals surface area contributed by atoms with E-state index in [4.69, 9.17) is 4.74 Å². The quantitative estimate of drug-likeness (QED) is 0.818. The van der Waals surface area contributed by atoms with E-state index in [0.29, 0.717) is 6.61 Å². The summed E-state index contributed by atoms with van der Waals surface area (Å²) in [4.78, 5) is 4.59. The Morgan fingerprint density at radius 2 is 1.95 bits per heavy atom. The van der Waals surface area contributed by atoms with E-state index in [2.05, 4.69) is 42.2 Å². The number of hydrogen-bond acceptors (Lipinski definition) is 2. The molecule has 1 heterocycles. The number of hydrogen-bond donors (Lipinski definition) is 0. The molecule has 0 bridgehead atoms. The lowest BCUT2D eigenvalue weighted by Gasteiger charge is -2.17. The maximum absolute atomic E-state index is 5.89. The zero-order valence-electron chi connectivity index (χ0n) is 11.8. The Kier molecular flexibility index (Phi) is 3.82. The molecule has 0 atom stereocenters. The minimum Gasteiger partial charge on any atom is -0.489 e. The molecular weight excluding hydrogens is 246 g/mol. The Morgan fingerprint density at radius 1 is 1.10 bits per heavy atom. The molecule has 2 aromatic rings. The molecule has 0 fully saturated rings. The molecule has 20 heavy (non-hydrogen) atoms. The summed E-state index contributed by atoms with van der Waals surface area (Å²) in [6.07, 6.45) is 2.01. The van der Waals surface area contributed by atoms with Crippen LogP contribution in [0.2, 0.25) is 0 Å². The highest BCUT2D eigenvalue weighted by Crippen LogP contribution is 2.23. The van der Waals surface area contributed by atoms with Crippen LogP contribution >= 0.6 is 0 Å². The average Bonchev–Trinajstić information content (AvgIpc) is 2.53. The normalized spacial score (nSPS) is 13.6. The van der Waals surface area contributed by atoms with Crippen molar-refractivity contribution in [1.82, 2.24) is 0 Å². The first-order valence-electron chi connectivity index (χ1n) is 7.20. The Bertz CT molecular complexity index is 617. The van der Waals surface area contributed by atoms with Gasteiger partial charge in [0.25, 0.3) is 0 Å². The van der Waals surface area contributed by atoms with E-state index in [9.17, 15) is 0 Å². The van der Waals surface area contributed by atoms with Crippen LogP contribution < -0.4 is 4.74 Å². The monoisotopic (exact) mass is 265 g/mol. The molecule has 2 aromatic carbocycles. The van der Waals surface area contributed by atoms with Crippen molar-refractivity contribution in [2.75, 3.05) is 6.54 Å². The zero-order chi connectivity index (χ0) is 13.8. The lowest BCUT2D eigenvalue weighted by atomic mass is 9.96. The van der Waals surface area contributed by atoms with Gasteiger partial charge in [-0.25, -0.2) is 0 Å². The lowest BCUT2D eigenvalue weighted by Crippen LogP contribution is -2.12. The zero-order valence-corrected chi connectivity index (χ0v) is 11.8. The SMILES string of the molecule is CCC1=NCCc2cc(OCc3ccccc3)ccc21. The second kappa shape index (κ2) is 5.91. The highest BCUT2D eigenvalue weighted by molar-refractivity contribution is 6.02. The number of fused-ring (bicyclic) bond motifs is 1. The second-order valence-electron chi connectivity index (χ2n) is 5.03. The van der Waals surface area contributed by atoms with Crippen molar-refractivity contribution in [3.05, 3.63) is 65.2 Å².